The molecule has 1 unspecified atom stereocenters. The van der Waals surface area contributed by atoms with Gasteiger partial charge in [-0.05, 0) is 32.4 Å². The first-order valence-electron chi connectivity index (χ1n) is 5.38. The summed E-state index contributed by atoms with van der Waals surface area (Å²) in [6.45, 7) is 6.32. The predicted molar refractivity (Wildman–Crippen MR) is 55.8 cm³/mol. The zero-order valence-electron chi connectivity index (χ0n) is 8.59. The summed E-state index contributed by atoms with van der Waals surface area (Å²) >= 11 is 0. The van der Waals surface area contributed by atoms with Crippen molar-refractivity contribution in [3.8, 4) is 0 Å². The van der Waals surface area contributed by atoms with Gasteiger partial charge in [-0.3, -0.25) is 0 Å². The van der Waals surface area contributed by atoms with Crippen LogP contribution in [0.15, 0.2) is 12.2 Å². The molecule has 0 aromatic heterocycles. The van der Waals surface area contributed by atoms with Crippen LogP contribution in [-0.4, -0.2) is 26.3 Å². The van der Waals surface area contributed by atoms with Crippen LogP contribution in [0, 0.1) is 5.92 Å². The first kappa shape index (κ1) is 10.7. The topological polar surface area (TPSA) is 21.3 Å². The highest BCUT2D eigenvalue weighted by Gasteiger charge is 2.10. The molecule has 1 fully saturated rings. The summed E-state index contributed by atoms with van der Waals surface area (Å²) in [7, 11) is 0. The highest BCUT2D eigenvalue weighted by molar-refractivity contribution is 4.90. The molecule has 1 atom stereocenters. The average Bonchev–Trinajstić information content (AvgIpc) is 2.63. The molecular weight excluding hydrogens is 162 g/mol. The van der Waals surface area contributed by atoms with E-state index in [1.54, 1.807) is 0 Å². The Morgan fingerprint density at radius 1 is 1.46 bits per heavy atom. The third kappa shape index (κ3) is 5.06. The highest BCUT2D eigenvalue weighted by atomic mass is 16.5. The van der Waals surface area contributed by atoms with Gasteiger partial charge < -0.3 is 10.1 Å². The molecule has 0 radical (unpaired) electrons. The second kappa shape index (κ2) is 7.10. The Kier molecular flexibility index (Phi) is 5.87. The van der Waals surface area contributed by atoms with Crippen LogP contribution >= 0.6 is 0 Å². The maximum atomic E-state index is 5.29. The van der Waals surface area contributed by atoms with E-state index in [9.17, 15) is 0 Å². The van der Waals surface area contributed by atoms with Crippen LogP contribution < -0.4 is 5.32 Å². The minimum absolute atomic E-state index is 0.686. The van der Waals surface area contributed by atoms with Crippen molar-refractivity contribution in [1.29, 1.82) is 0 Å². The molecule has 1 rings (SSSR count). The normalized spacial score (nSPS) is 23.0. The molecule has 13 heavy (non-hydrogen) atoms. The van der Waals surface area contributed by atoms with Crippen molar-refractivity contribution in [1.82, 2.24) is 5.32 Å². The number of ether oxygens (including phenoxy) is 1. The van der Waals surface area contributed by atoms with E-state index in [4.69, 9.17) is 4.74 Å². The Bertz CT molecular complexity index is 139. The van der Waals surface area contributed by atoms with Crippen molar-refractivity contribution < 1.29 is 4.74 Å². The lowest BCUT2D eigenvalue weighted by molar-refractivity contribution is 0.191. The lowest BCUT2D eigenvalue weighted by Crippen LogP contribution is -2.15. The number of nitrogens with one attached hydrogen (secondary N) is 1. The van der Waals surface area contributed by atoms with E-state index in [0.717, 1.165) is 32.7 Å². The van der Waals surface area contributed by atoms with E-state index in [0.29, 0.717) is 5.92 Å². The summed E-state index contributed by atoms with van der Waals surface area (Å²) in [5, 5.41) is 3.38. The average molecular weight is 183 g/mol. The van der Waals surface area contributed by atoms with Crippen molar-refractivity contribution in [3.05, 3.63) is 12.2 Å². The second-order valence-corrected chi connectivity index (χ2v) is 3.59. The van der Waals surface area contributed by atoms with Gasteiger partial charge in [-0.25, -0.2) is 0 Å². The Morgan fingerprint density at radius 3 is 3.08 bits per heavy atom. The van der Waals surface area contributed by atoms with Crippen molar-refractivity contribution in [2.24, 2.45) is 5.92 Å². The van der Waals surface area contributed by atoms with Gasteiger partial charge in [0.25, 0.3) is 0 Å². The van der Waals surface area contributed by atoms with E-state index >= 15 is 0 Å². The largest absolute Gasteiger partial charge is 0.381 e. The molecule has 1 aliphatic heterocycles. The molecule has 0 aliphatic carbocycles. The van der Waals surface area contributed by atoms with Crippen LogP contribution in [0.1, 0.15) is 26.2 Å². The van der Waals surface area contributed by atoms with Crippen LogP contribution in [0.2, 0.25) is 0 Å². The Labute approximate surface area is 81.4 Å². The Morgan fingerprint density at radius 2 is 2.38 bits per heavy atom. The number of rotatable bonds is 6. The molecular formula is C11H21NO. The van der Waals surface area contributed by atoms with Crippen LogP contribution in [0.25, 0.3) is 0 Å². The van der Waals surface area contributed by atoms with E-state index in [1.165, 1.54) is 12.8 Å². The summed E-state index contributed by atoms with van der Waals surface area (Å²) in [5.74, 6) is 0.686. The monoisotopic (exact) mass is 183 g/mol. The molecule has 0 aromatic rings. The summed E-state index contributed by atoms with van der Waals surface area (Å²) in [6, 6.07) is 0. The number of hydrogen-bond acceptors (Lipinski definition) is 2. The molecule has 0 amide bonds. The maximum Gasteiger partial charge on any atom is 0.0529 e. The minimum atomic E-state index is 0.686. The van der Waals surface area contributed by atoms with Crippen LogP contribution in [0.3, 0.4) is 0 Å². The first-order valence-corrected chi connectivity index (χ1v) is 5.38. The zero-order chi connectivity index (χ0) is 9.36. The quantitative estimate of drug-likeness (QED) is 0.502. The molecule has 76 valence electrons. The molecule has 0 saturated carbocycles. The van der Waals surface area contributed by atoms with E-state index < -0.39 is 0 Å². The number of hydrogen-bond donors (Lipinski definition) is 1. The van der Waals surface area contributed by atoms with Gasteiger partial charge in [0.15, 0.2) is 0 Å². The third-order valence-electron chi connectivity index (χ3n) is 2.29. The van der Waals surface area contributed by atoms with Crippen molar-refractivity contribution in [2.45, 2.75) is 26.2 Å². The zero-order valence-corrected chi connectivity index (χ0v) is 8.59. The molecule has 0 aromatic carbocycles. The highest BCUT2D eigenvalue weighted by Crippen LogP contribution is 2.13. The smallest absolute Gasteiger partial charge is 0.0529 e. The van der Waals surface area contributed by atoms with E-state index in [-0.39, 0.29) is 0 Å². The Hall–Kier alpha value is -0.340. The van der Waals surface area contributed by atoms with Gasteiger partial charge in [0, 0.05) is 12.5 Å². The van der Waals surface area contributed by atoms with Gasteiger partial charge in [-0.15, -0.1) is 0 Å². The molecule has 1 heterocycles. The fraction of sp³-hybridized carbons (Fsp3) is 0.818. The summed E-state index contributed by atoms with van der Waals surface area (Å²) in [5.41, 5.74) is 0. The maximum absolute atomic E-state index is 5.29. The van der Waals surface area contributed by atoms with Crippen molar-refractivity contribution in [3.63, 3.8) is 0 Å². The van der Waals surface area contributed by atoms with Crippen LogP contribution in [-0.2, 0) is 4.74 Å². The standard InChI is InChI=1S/C11H21NO/c1-2-7-12-8-4-3-5-11-6-9-13-10-11/h3,5,11-12H,2,4,6-10H2,1H3. The fourth-order valence-corrected chi connectivity index (χ4v) is 1.48. The summed E-state index contributed by atoms with van der Waals surface area (Å²) < 4.78 is 5.29. The fourth-order valence-electron chi connectivity index (χ4n) is 1.48. The minimum Gasteiger partial charge on any atom is -0.381 e. The molecule has 1 saturated heterocycles. The molecule has 2 nitrogen and oxygen atoms in total. The predicted octanol–water partition coefficient (Wildman–Crippen LogP) is 1.97. The van der Waals surface area contributed by atoms with Gasteiger partial charge >= 0.3 is 0 Å². The third-order valence-corrected chi connectivity index (χ3v) is 2.29. The molecule has 1 aliphatic rings. The van der Waals surface area contributed by atoms with Gasteiger partial charge in [-0.2, -0.15) is 0 Å². The molecule has 2 heteroatoms. The molecule has 0 bridgehead atoms. The van der Waals surface area contributed by atoms with Crippen LogP contribution in [0.5, 0.6) is 0 Å². The van der Waals surface area contributed by atoms with E-state index in [2.05, 4.69) is 24.4 Å². The Balaban J connectivity index is 1.91. The summed E-state index contributed by atoms with van der Waals surface area (Å²) in [4.78, 5) is 0. The van der Waals surface area contributed by atoms with Gasteiger partial charge in [-0.1, -0.05) is 19.1 Å². The lowest BCUT2D eigenvalue weighted by atomic mass is 10.1. The van der Waals surface area contributed by atoms with Crippen LogP contribution in [0.4, 0.5) is 0 Å². The molecule has 0 spiro atoms. The second-order valence-electron chi connectivity index (χ2n) is 3.59. The van der Waals surface area contributed by atoms with Gasteiger partial charge in [0.2, 0.25) is 0 Å². The van der Waals surface area contributed by atoms with Crippen molar-refractivity contribution >= 4 is 0 Å². The first-order chi connectivity index (χ1) is 6.43. The summed E-state index contributed by atoms with van der Waals surface area (Å²) in [6.07, 6.45) is 8.16. The SMILES string of the molecule is CCCNCCC=CC1CCOC1. The molecule has 1 N–H and O–H groups in total. The van der Waals surface area contributed by atoms with Crippen molar-refractivity contribution in [2.75, 3.05) is 26.3 Å². The van der Waals surface area contributed by atoms with Gasteiger partial charge in [0.1, 0.15) is 0 Å². The lowest BCUT2D eigenvalue weighted by Gasteiger charge is -2.00. The van der Waals surface area contributed by atoms with E-state index in [1.807, 2.05) is 0 Å². The van der Waals surface area contributed by atoms with Gasteiger partial charge in [0.05, 0.1) is 6.61 Å².